The highest BCUT2D eigenvalue weighted by atomic mass is 32.1. The molecule has 1 atom stereocenters. The van der Waals surface area contributed by atoms with Crippen LogP contribution in [0.2, 0.25) is 0 Å². The molecule has 1 aliphatic heterocycles. The molecule has 4 aromatic rings. The minimum Gasteiger partial charge on any atom is -0.444 e. The number of nitrogens with one attached hydrogen (secondary N) is 3. The summed E-state index contributed by atoms with van der Waals surface area (Å²) in [6, 6.07) is 11.6. The van der Waals surface area contributed by atoms with Crippen molar-refractivity contribution in [2.75, 3.05) is 35.2 Å². The van der Waals surface area contributed by atoms with Gasteiger partial charge in [0.25, 0.3) is 5.91 Å². The Hall–Kier alpha value is -4.72. The van der Waals surface area contributed by atoms with Crippen molar-refractivity contribution in [2.45, 2.75) is 52.3 Å². The molecule has 0 radical (unpaired) electrons. The van der Waals surface area contributed by atoms with E-state index in [1.54, 1.807) is 49.3 Å². The number of carbonyl (C=O) groups is 2. The molecule has 1 fully saturated rings. The number of aromatic nitrogens is 3. The van der Waals surface area contributed by atoms with Gasteiger partial charge >= 0.3 is 12.3 Å². The lowest BCUT2D eigenvalue weighted by atomic mass is 9.95. The number of carbonyl (C=O) groups excluding carboxylic acids is 2. The van der Waals surface area contributed by atoms with Crippen LogP contribution in [0.3, 0.4) is 0 Å². The summed E-state index contributed by atoms with van der Waals surface area (Å²) in [6.07, 6.45) is -1.08. The lowest BCUT2D eigenvalue weighted by Gasteiger charge is -2.37. The van der Waals surface area contributed by atoms with E-state index in [0.29, 0.717) is 35.6 Å². The third-order valence-electron chi connectivity index (χ3n) is 7.46. The molecule has 248 valence electrons. The number of thiazole rings is 1. The van der Waals surface area contributed by atoms with Crippen LogP contribution in [-0.4, -0.2) is 52.4 Å². The van der Waals surface area contributed by atoms with Crippen molar-refractivity contribution in [3.63, 3.8) is 0 Å². The quantitative estimate of drug-likeness (QED) is 0.175. The molecule has 0 saturated carbocycles. The Morgan fingerprint density at radius 1 is 1.04 bits per heavy atom. The van der Waals surface area contributed by atoms with Crippen LogP contribution in [0.5, 0.6) is 0 Å². The second kappa shape index (κ2) is 14.0. The SMILES string of the molecule is Cc1ccccc1Nc1ccc(NC(=O)c2csc(-c3ccnnc3)n2)c(N2CCC[C@@H](CNC(=O)OC(C)(C)C)C2)c1C(F)(F)F. The van der Waals surface area contributed by atoms with Crippen LogP contribution < -0.4 is 20.9 Å². The van der Waals surface area contributed by atoms with E-state index in [1.807, 2.05) is 19.1 Å². The second-order valence-electron chi connectivity index (χ2n) is 12.3. The Kier molecular flexibility index (Phi) is 9.99. The topological polar surface area (TPSA) is 121 Å². The van der Waals surface area contributed by atoms with Crippen LogP contribution in [-0.2, 0) is 10.9 Å². The number of ether oxygens (including phenoxy) is 1. The van der Waals surface area contributed by atoms with E-state index in [1.165, 1.54) is 35.9 Å². The van der Waals surface area contributed by atoms with E-state index in [4.69, 9.17) is 4.74 Å². The van der Waals surface area contributed by atoms with Gasteiger partial charge in [0.15, 0.2) is 0 Å². The number of nitrogens with zero attached hydrogens (tertiary/aromatic N) is 4. The van der Waals surface area contributed by atoms with Gasteiger partial charge in [-0.25, -0.2) is 9.78 Å². The molecule has 0 bridgehead atoms. The van der Waals surface area contributed by atoms with Crippen LogP contribution in [0.15, 0.2) is 60.2 Å². The summed E-state index contributed by atoms with van der Waals surface area (Å²) < 4.78 is 50.7. The molecule has 3 N–H and O–H groups in total. The van der Waals surface area contributed by atoms with Gasteiger partial charge in [0.05, 0.1) is 29.5 Å². The monoisotopic (exact) mass is 667 g/mol. The Bertz CT molecular complexity index is 1720. The predicted octanol–water partition coefficient (Wildman–Crippen LogP) is 7.66. The maximum atomic E-state index is 15.1. The summed E-state index contributed by atoms with van der Waals surface area (Å²) in [6.45, 7) is 7.83. The third-order valence-corrected chi connectivity index (χ3v) is 8.35. The molecule has 5 rings (SSSR count). The Morgan fingerprint density at radius 2 is 1.81 bits per heavy atom. The first kappa shape index (κ1) is 33.6. The number of halogens is 3. The number of rotatable bonds is 8. The van der Waals surface area contributed by atoms with Crippen molar-refractivity contribution in [2.24, 2.45) is 5.92 Å². The fraction of sp³-hybridized carbons (Fsp3) is 0.364. The summed E-state index contributed by atoms with van der Waals surface area (Å²) in [5.41, 5.74) is 0.134. The van der Waals surface area contributed by atoms with Crippen LogP contribution in [0, 0.1) is 12.8 Å². The fourth-order valence-corrected chi connectivity index (χ4v) is 6.15. The summed E-state index contributed by atoms with van der Waals surface area (Å²) in [5.74, 6) is -0.812. The molecule has 2 aromatic carbocycles. The van der Waals surface area contributed by atoms with Gasteiger partial charge in [-0.05, 0) is 76.3 Å². The van der Waals surface area contributed by atoms with E-state index in [2.05, 4.69) is 31.1 Å². The molecule has 2 amide bonds. The Morgan fingerprint density at radius 3 is 2.51 bits per heavy atom. The van der Waals surface area contributed by atoms with Crippen molar-refractivity contribution in [1.29, 1.82) is 0 Å². The smallest absolute Gasteiger partial charge is 0.420 e. The maximum absolute atomic E-state index is 15.1. The lowest BCUT2D eigenvalue weighted by Crippen LogP contribution is -2.43. The average molecular weight is 668 g/mol. The minimum absolute atomic E-state index is 0.00135. The third kappa shape index (κ3) is 8.56. The highest BCUT2D eigenvalue weighted by Gasteiger charge is 2.40. The normalized spacial score (nSPS) is 15.2. The number of piperidine rings is 1. The predicted molar refractivity (Wildman–Crippen MR) is 176 cm³/mol. The van der Waals surface area contributed by atoms with Crippen LogP contribution in [0.1, 0.15) is 55.2 Å². The molecule has 47 heavy (non-hydrogen) atoms. The molecule has 1 saturated heterocycles. The van der Waals surface area contributed by atoms with Crippen molar-refractivity contribution in [3.8, 4) is 10.6 Å². The molecule has 10 nitrogen and oxygen atoms in total. The minimum atomic E-state index is -4.79. The Labute approximate surface area is 274 Å². The summed E-state index contributed by atoms with van der Waals surface area (Å²) in [4.78, 5) is 31.8. The van der Waals surface area contributed by atoms with E-state index < -0.39 is 29.3 Å². The molecule has 0 spiro atoms. The molecule has 3 heterocycles. The fourth-order valence-electron chi connectivity index (χ4n) is 5.36. The number of alkyl halides is 3. The van der Waals surface area contributed by atoms with E-state index in [-0.39, 0.29) is 41.8 Å². The average Bonchev–Trinajstić information content (AvgIpc) is 3.52. The highest BCUT2D eigenvalue weighted by Crippen LogP contribution is 2.47. The van der Waals surface area contributed by atoms with Crippen molar-refractivity contribution >= 4 is 46.1 Å². The zero-order valence-corrected chi connectivity index (χ0v) is 27.3. The number of benzene rings is 2. The number of para-hydroxylation sites is 1. The number of amides is 2. The number of hydrogen-bond acceptors (Lipinski definition) is 9. The van der Waals surface area contributed by atoms with Gasteiger partial charge in [-0.2, -0.15) is 23.4 Å². The van der Waals surface area contributed by atoms with Gasteiger partial charge < -0.3 is 25.6 Å². The van der Waals surface area contributed by atoms with Crippen molar-refractivity contribution in [3.05, 3.63) is 77.1 Å². The summed E-state index contributed by atoms with van der Waals surface area (Å²) >= 11 is 1.21. The largest absolute Gasteiger partial charge is 0.444 e. The lowest BCUT2D eigenvalue weighted by molar-refractivity contribution is -0.136. The molecular weight excluding hydrogens is 631 g/mol. The Balaban J connectivity index is 1.50. The highest BCUT2D eigenvalue weighted by molar-refractivity contribution is 7.13. The first-order chi connectivity index (χ1) is 22.3. The summed E-state index contributed by atoms with van der Waals surface area (Å²) in [7, 11) is 0. The van der Waals surface area contributed by atoms with Crippen LogP contribution in [0.4, 0.5) is 40.7 Å². The number of alkyl carbamates (subject to hydrolysis) is 1. The van der Waals surface area contributed by atoms with Gasteiger partial charge in [0.1, 0.15) is 21.9 Å². The van der Waals surface area contributed by atoms with E-state index in [9.17, 15) is 9.59 Å². The van der Waals surface area contributed by atoms with E-state index >= 15 is 13.2 Å². The van der Waals surface area contributed by atoms with Crippen LogP contribution in [0.25, 0.3) is 10.6 Å². The van der Waals surface area contributed by atoms with Gasteiger partial charge in [-0.1, -0.05) is 18.2 Å². The standard InChI is InChI=1S/C33H36F3N7O3S/c1-20-8-5-6-10-23(20)40-24-11-12-25(41-29(44)26-19-47-30(42-26)22-13-14-38-39-17-22)28(27(24)33(34,35)36)43-15-7-9-21(18-43)16-37-31(45)46-32(2,3)4/h5-6,8,10-14,17,19,21,40H,7,9,15-16,18H2,1-4H3,(H,37,45)(H,41,44)/t21-/m0/s1. The van der Waals surface area contributed by atoms with Crippen molar-refractivity contribution in [1.82, 2.24) is 20.5 Å². The van der Waals surface area contributed by atoms with Gasteiger partial charge in [0, 0.05) is 36.3 Å². The van der Waals surface area contributed by atoms with Gasteiger partial charge in [0.2, 0.25) is 0 Å². The first-order valence-corrected chi connectivity index (χ1v) is 16.0. The number of aryl methyl sites for hydroxylation is 1. The molecule has 2 aromatic heterocycles. The molecular formula is C33H36F3N7O3S. The van der Waals surface area contributed by atoms with Gasteiger partial charge in [-0.15, -0.1) is 11.3 Å². The van der Waals surface area contributed by atoms with Crippen molar-refractivity contribution < 1.29 is 27.5 Å². The zero-order valence-electron chi connectivity index (χ0n) is 26.4. The second-order valence-corrected chi connectivity index (χ2v) is 13.1. The van der Waals surface area contributed by atoms with Crippen LogP contribution >= 0.6 is 11.3 Å². The number of anilines is 4. The molecule has 0 unspecified atom stereocenters. The maximum Gasteiger partial charge on any atom is 0.420 e. The summed E-state index contributed by atoms with van der Waals surface area (Å²) in [5, 5.41) is 18.1. The van der Waals surface area contributed by atoms with Gasteiger partial charge in [-0.3, -0.25) is 4.79 Å². The molecule has 14 heteroatoms. The first-order valence-electron chi connectivity index (χ1n) is 15.1. The molecule has 1 aliphatic rings. The zero-order chi connectivity index (χ0) is 33.8. The molecule has 0 aliphatic carbocycles. The van der Waals surface area contributed by atoms with E-state index in [0.717, 1.165) is 5.56 Å². The number of hydrogen-bond donors (Lipinski definition) is 3.